The molecule has 0 radical (unpaired) electrons. The number of nitrogens with zero attached hydrogens (tertiary/aromatic N) is 2. The molecule has 0 spiro atoms. The Bertz CT molecular complexity index is 921. The highest BCUT2D eigenvalue weighted by molar-refractivity contribution is 7.90. The minimum absolute atomic E-state index is 0.0684. The molecule has 0 bridgehead atoms. The second kappa shape index (κ2) is 11.2. The summed E-state index contributed by atoms with van der Waals surface area (Å²) in [7, 11) is 0. The molecule has 172 valence electrons. The average molecular weight is 454 g/mol. The highest BCUT2D eigenvalue weighted by Crippen LogP contribution is 2.33. The van der Waals surface area contributed by atoms with Crippen molar-refractivity contribution in [2.75, 3.05) is 24.6 Å². The standard InChI is InChI=1S/C26H35N3O2S/c1-20(28-32(30)26(2,3)4)15-22-16-23-11-13-29(25(23)24(17-22)18-27)12-8-14-31-19-21-9-6-5-7-10-21/h5-7,9-10,16-17,20,28H,8,11-15,19H2,1-4H3/t20-,32+/m1/s1. The van der Waals surface area contributed by atoms with E-state index in [1.807, 2.05) is 52.0 Å². The third-order valence-electron chi connectivity index (χ3n) is 5.57. The second-order valence-electron chi connectivity index (χ2n) is 9.50. The zero-order valence-electron chi connectivity index (χ0n) is 19.7. The van der Waals surface area contributed by atoms with Crippen LogP contribution in [-0.2, 0) is 35.5 Å². The van der Waals surface area contributed by atoms with Gasteiger partial charge in [0.05, 0.1) is 23.9 Å². The molecule has 1 aliphatic heterocycles. The van der Waals surface area contributed by atoms with Crippen LogP contribution in [0.1, 0.15) is 56.4 Å². The van der Waals surface area contributed by atoms with E-state index >= 15 is 0 Å². The van der Waals surface area contributed by atoms with Crippen LogP contribution in [0.15, 0.2) is 42.5 Å². The van der Waals surface area contributed by atoms with E-state index in [9.17, 15) is 9.81 Å². The van der Waals surface area contributed by atoms with Crippen LogP contribution in [0.2, 0.25) is 0 Å². The average Bonchev–Trinajstić information content (AvgIpc) is 3.15. The van der Waals surface area contributed by atoms with Crippen molar-refractivity contribution in [1.29, 1.82) is 5.26 Å². The van der Waals surface area contributed by atoms with Gasteiger partial charge in [-0.05, 0) is 69.7 Å². The lowest BCUT2D eigenvalue weighted by Crippen LogP contribution is -2.44. The number of fused-ring (bicyclic) bond motifs is 1. The first-order valence-corrected chi connectivity index (χ1v) is 12.5. The first-order valence-electron chi connectivity index (χ1n) is 11.4. The quantitative estimate of drug-likeness (QED) is 0.423. The molecular formula is C26H35N3O2S. The van der Waals surface area contributed by atoms with Gasteiger partial charge >= 0.3 is 0 Å². The predicted octanol–water partition coefficient (Wildman–Crippen LogP) is 4.51. The topological polar surface area (TPSA) is 71.4 Å². The van der Waals surface area contributed by atoms with Crippen molar-refractivity contribution in [1.82, 2.24) is 4.72 Å². The zero-order valence-corrected chi connectivity index (χ0v) is 20.5. The van der Waals surface area contributed by atoms with Crippen molar-refractivity contribution < 1.29 is 9.29 Å². The first-order chi connectivity index (χ1) is 15.3. The Kier molecular flexibility index (Phi) is 8.61. The van der Waals surface area contributed by atoms with Gasteiger partial charge in [0.25, 0.3) is 0 Å². The smallest absolute Gasteiger partial charge is 0.136 e. The summed E-state index contributed by atoms with van der Waals surface area (Å²) >= 11 is -1.11. The summed E-state index contributed by atoms with van der Waals surface area (Å²) in [5.41, 5.74) is 5.38. The third-order valence-corrected chi connectivity index (χ3v) is 7.30. The predicted molar refractivity (Wildman–Crippen MR) is 132 cm³/mol. The van der Waals surface area contributed by atoms with Gasteiger partial charge in [-0.25, -0.2) is 0 Å². The highest BCUT2D eigenvalue weighted by Gasteiger charge is 2.28. The van der Waals surface area contributed by atoms with E-state index in [-0.39, 0.29) is 10.8 Å². The number of nitriles is 1. The zero-order chi connectivity index (χ0) is 23.1. The summed E-state index contributed by atoms with van der Waals surface area (Å²) in [5, 5.41) is 9.80. The second-order valence-corrected chi connectivity index (χ2v) is 11.5. The summed E-state index contributed by atoms with van der Waals surface area (Å²) < 4.78 is 21.1. The Morgan fingerprint density at radius 3 is 2.66 bits per heavy atom. The Morgan fingerprint density at radius 2 is 1.97 bits per heavy atom. The molecule has 2 aromatic carbocycles. The number of ether oxygens (including phenoxy) is 1. The van der Waals surface area contributed by atoms with Gasteiger partial charge in [0.1, 0.15) is 10.8 Å². The van der Waals surface area contributed by atoms with Gasteiger partial charge in [-0.1, -0.05) is 36.4 Å². The molecule has 3 rings (SSSR count). The van der Waals surface area contributed by atoms with Crippen molar-refractivity contribution in [3.8, 4) is 6.07 Å². The SMILES string of the molecule is C[C@H](Cc1cc(C#N)c2c(c1)CCN2CCCOCc1ccccc1)N[S@@+]([O-])C(C)(C)C. The lowest BCUT2D eigenvalue weighted by atomic mass is 9.99. The van der Waals surface area contributed by atoms with E-state index in [0.717, 1.165) is 49.2 Å². The van der Waals surface area contributed by atoms with Crippen LogP contribution < -0.4 is 9.62 Å². The van der Waals surface area contributed by atoms with Gasteiger partial charge in [0.2, 0.25) is 0 Å². The first kappa shape index (κ1) is 24.6. The van der Waals surface area contributed by atoms with Crippen LogP contribution in [0, 0.1) is 11.3 Å². The molecule has 0 unspecified atom stereocenters. The summed E-state index contributed by atoms with van der Waals surface area (Å²) in [6, 6.07) is 16.9. The third kappa shape index (κ3) is 6.73. The van der Waals surface area contributed by atoms with Crippen molar-refractivity contribution in [3.63, 3.8) is 0 Å². The Hall–Kier alpha value is -2.04. The van der Waals surface area contributed by atoms with Gasteiger partial charge in [0.15, 0.2) is 0 Å². The normalized spacial score (nSPS) is 15.3. The highest BCUT2D eigenvalue weighted by atomic mass is 32.2. The minimum Gasteiger partial charge on any atom is -0.598 e. The molecular weight excluding hydrogens is 418 g/mol. The molecule has 0 saturated heterocycles. The van der Waals surface area contributed by atoms with E-state index < -0.39 is 11.4 Å². The lowest BCUT2D eigenvalue weighted by molar-refractivity contribution is 0.119. The number of anilines is 1. The number of benzene rings is 2. The molecule has 0 saturated carbocycles. The lowest BCUT2D eigenvalue weighted by Gasteiger charge is -2.26. The van der Waals surface area contributed by atoms with Gasteiger partial charge in [-0.2, -0.15) is 5.26 Å². The monoisotopic (exact) mass is 453 g/mol. The van der Waals surface area contributed by atoms with Gasteiger partial charge in [0, 0.05) is 31.1 Å². The summed E-state index contributed by atoms with van der Waals surface area (Å²) in [4.78, 5) is 2.32. The van der Waals surface area contributed by atoms with Gasteiger partial charge < -0.3 is 14.2 Å². The van der Waals surface area contributed by atoms with E-state index in [0.29, 0.717) is 13.2 Å². The number of hydrogen-bond acceptors (Lipinski definition) is 5. The molecule has 6 heteroatoms. The fourth-order valence-corrected chi connectivity index (χ4v) is 4.80. The van der Waals surface area contributed by atoms with E-state index in [1.165, 1.54) is 11.1 Å². The number of nitrogens with one attached hydrogen (secondary N) is 1. The summed E-state index contributed by atoms with van der Waals surface area (Å²) in [5.74, 6) is 0. The summed E-state index contributed by atoms with van der Waals surface area (Å²) in [6.45, 7) is 11.1. The molecule has 1 N–H and O–H groups in total. The van der Waals surface area contributed by atoms with E-state index in [2.05, 4.69) is 33.9 Å². The molecule has 0 amide bonds. The summed E-state index contributed by atoms with van der Waals surface area (Å²) in [6.07, 6.45) is 2.63. The van der Waals surface area contributed by atoms with Crippen LogP contribution in [0.5, 0.6) is 0 Å². The number of hydrogen-bond donors (Lipinski definition) is 1. The van der Waals surface area contributed by atoms with Crippen molar-refractivity contribution in [2.45, 2.75) is 64.4 Å². The molecule has 0 aliphatic carbocycles. The van der Waals surface area contributed by atoms with E-state index in [4.69, 9.17) is 4.74 Å². The molecule has 1 aliphatic rings. The molecule has 2 aromatic rings. The van der Waals surface area contributed by atoms with Crippen molar-refractivity contribution in [3.05, 3.63) is 64.7 Å². The fourth-order valence-electron chi connectivity index (χ4n) is 3.99. The maximum absolute atomic E-state index is 12.4. The molecule has 5 nitrogen and oxygen atoms in total. The van der Waals surface area contributed by atoms with Crippen LogP contribution in [0.3, 0.4) is 0 Å². The molecule has 1 heterocycles. The van der Waals surface area contributed by atoms with Crippen LogP contribution in [0.4, 0.5) is 5.69 Å². The van der Waals surface area contributed by atoms with Crippen LogP contribution >= 0.6 is 0 Å². The van der Waals surface area contributed by atoms with E-state index in [1.54, 1.807) is 0 Å². The molecule has 0 aromatic heterocycles. The molecule has 32 heavy (non-hydrogen) atoms. The minimum atomic E-state index is -1.11. The Morgan fingerprint density at radius 1 is 1.22 bits per heavy atom. The van der Waals surface area contributed by atoms with Gasteiger partial charge in [-0.3, -0.25) is 0 Å². The maximum Gasteiger partial charge on any atom is 0.136 e. The molecule has 0 fully saturated rings. The van der Waals surface area contributed by atoms with Crippen LogP contribution in [0.25, 0.3) is 0 Å². The Balaban J connectivity index is 1.55. The fraction of sp³-hybridized carbons (Fsp3) is 0.500. The van der Waals surface area contributed by atoms with Crippen LogP contribution in [-0.4, -0.2) is 35.0 Å². The number of rotatable bonds is 10. The van der Waals surface area contributed by atoms with Gasteiger partial charge in [-0.15, -0.1) is 4.72 Å². The van der Waals surface area contributed by atoms with Crippen molar-refractivity contribution >= 4 is 17.0 Å². The van der Waals surface area contributed by atoms with Crippen molar-refractivity contribution in [2.24, 2.45) is 0 Å². The Labute approximate surface area is 196 Å². The molecule has 2 atom stereocenters. The maximum atomic E-state index is 12.4. The largest absolute Gasteiger partial charge is 0.598 e.